The Kier molecular flexibility index (Phi) is 9.10. The van der Waals surface area contributed by atoms with Gasteiger partial charge in [0, 0.05) is 31.1 Å². The first-order valence-corrected chi connectivity index (χ1v) is 11.7. The van der Waals surface area contributed by atoms with Gasteiger partial charge in [-0.3, -0.25) is 9.78 Å². The molecule has 176 valence electrons. The van der Waals surface area contributed by atoms with Crippen LogP contribution >= 0.6 is 11.3 Å². The zero-order chi connectivity index (χ0) is 23.1. The zero-order valence-corrected chi connectivity index (χ0v) is 19.5. The minimum absolute atomic E-state index is 0.0452. The van der Waals surface area contributed by atoms with Crippen molar-refractivity contribution in [2.24, 2.45) is 5.92 Å². The van der Waals surface area contributed by atoms with Crippen LogP contribution in [0.3, 0.4) is 0 Å². The molecule has 2 aromatic rings. The fraction of sp³-hybridized carbons (Fsp3) is 0.565. The predicted molar refractivity (Wildman–Crippen MR) is 121 cm³/mol. The van der Waals surface area contributed by atoms with Gasteiger partial charge in [0.15, 0.2) is 6.29 Å². The molecule has 1 N–H and O–H groups in total. The number of carbonyl (C=O) groups is 1. The molecule has 1 fully saturated rings. The first-order valence-electron chi connectivity index (χ1n) is 10.9. The summed E-state index contributed by atoms with van der Waals surface area (Å²) >= 11 is 1.56. The van der Waals surface area contributed by atoms with Gasteiger partial charge >= 0.3 is 0 Å². The van der Waals surface area contributed by atoms with E-state index in [9.17, 15) is 13.7 Å². The normalized spacial score (nSPS) is 23.1. The highest BCUT2D eigenvalue weighted by molar-refractivity contribution is 7.13. The summed E-state index contributed by atoms with van der Waals surface area (Å²) in [6.45, 7) is 3.53. The molecule has 3 rings (SSSR count). The van der Waals surface area contributed by atoms with E-state index in [1.165, 1.54) is 0 Å². The summed E-state index contributed by atoms with van der Waals surface area (Å²) in [6.07, 6.45) is 2.36. The number of benzene rings is 1. The maximum Gasteiger partial charge on any atom is 0.224 e. The van der Waals surface area contributed by atoms with Crippen LogP contribution in [-0.2, 0) is 20.9 Å². The van der Waals surface area contributed by atoms with Gasteiger partial charge in [-0.05, 0) is 42.5 Å². The Balaban J connectivity index is 1.50. The van der Waals surface area contributed by atoms with E-state index in [1.807, 2.05) is 56.3 Å². The van der Waals surface area contributed by atoms with Gasteiger partial charge in [-0.1, -0.05) is 31.2 Å². The molecule has 1 unspecified atom stereocenters. The number of nitrogens with one attached hydrogen (secondary N) is 1. The number of carbonyl (C=O) groups excluding carboxylic acids is 1. The number of hydrogen-bond acceptors (Lipinski definition) is 6. The first kappa shape index (κ1) is 24.7. The molecule has 1 aromatic carbocycles. The lowest BCUT2D eigenvalue weighted by Crippen LogP contribution is -2.48. The molecule has 2 heterocycles. The number of nitrogens with zero attached hydrogens (tertiary/aromatic N) is 2. The van der Waals surface area contributed by atoms with Crippen molar-refractivity contribution < 1.29 is 23.4 Å². The van der Waals surface area contributed by atoms with E-state index in [4.69, 9.17) is 4.74 Å². The second-order valence-corrected chi connectivity index (χ2v) is 9.44. The maximum atomic E-state index is 13.7. The van der Waals surface area contributed by atoms with Gasteiger partial charge in [-0.2, -0.15) is 4.94 Å². The highest BCUT2D eigenvalue weighted by Gasteiger charge is 2.32. The second kappa shape index (κ2) is 11.8. The number of ether oxygens (including phenoxy) is 1. The van der Waals surface area contributed by atoms with Crippen LogP contribution in [0.5, 0.6) is 0 Å². The van der Waals surface area contributed by atoms with Gasteiger partial charge in [0.05, 0.1) is 22.5 Å². The molecule has 9 heteroatoms. The number of aromatic nitrogens is 1. The minimum Gasteiger partial charge on any atom is -0.350 e. The van der Waals surface area contributed by atoms with E-state index in [1.54, 1.807) is 16.8 Å². The largest absolute Gasteiger partial charge is 0.350 e. The van der Waals surface area contributed by atoms with Gasteiger partial charge in [-0.15, -0.1) is 11.3 Å². The number of halogens is 2. The molecule has 1 aromatic heterocycles. The third-order valence-electron chi connectivity index (χ3n) is 5.87. The molecular formula is C23H31F2N3O3S. The number of alkyl halides is 1. The lowest BCUT2D eigenvalue weighted by molar-refractivity contribution is -0.304. The molecule has 6 nitrogen and oxygen atoms in total. The Morgan fingerprint density at radius 1 is 1.38 bits per heavy atom. The minimum atomic E-state index is -0.881. The summed E-state index contributed by atoms with van der Waals surface area (Å²) in [4.78, 5) is 23.8. The van der Waals surface area contributed by atoms with Gasteiger partial charge in [0.1, 0.15) is 6.67 Å². The summed E-state index contributed by atoms with van der Waals surface area (Å²) < 4.78 is 31.6. The van der Waals surface area contributed by atoms with Crippen LogP contribution in [-0.4, -0.2) is 60.5 Å². The number of thiazole rings is 1. The fourth-order valence-electron chi connectivity index (χ4n) is 4.09. The smallest absolute Gasteiger partial charge is 0.224 e. The van der Waals surface area contributed by atoms with E-state index in [2.05, 4.69) is 15.2 Å². The lowest BCUT2D eigenvalue weighted by atomic mass is 10.00. The van der Waals surface area contributed by atoms with Crippen molar-refractivity contribution in [3.8, 4) is 10.4 Å². The van der Waals surface area contributed by atoms with Crippen molar-refractivity contribution in [3.63, 3.8) is 0 Å². The molecular weight excluding hydrogens is 436 g/mol. The molecule has 1 amide bonds. The van der Waals surface area contributed by atoms with E-state index in [0.717, 1.165) is 22.4 Å². The number of hydrogen-bond donors (Lipinski definition) is 1. The molecule has 0 radical (unpaired) electrons. The SMILES string of the molecule is CC(CN(C)[C@@H]1C[C@H](OF)O[C@H](C)C1)C(=O)N[C@H](CF)Cc1ccc(-c2cncs2)cc1. The van der Waals surface area contributed by atoms with Crippen LogP contribution in [0.4, 0.5) is 8.92 Å². The Labute approximate surface area is 191 Å². The van der Waals surface area contributed by atoms with E-state index < -0.39 is 19.0 Å². The van der Waals surface area contributed by atoms with Gasteiger partial charge in [-0.25, -0.2) is 4.39 Å². The molecule has 1 aliphatic heterocycles. The van der Waals surface area contributed by atoms with E-state index >= 15 is 0 Å². The van der Waals surface area contributed by atoms with Gasteiger partial charge in [0.2, 0.25) is 5.91 Å². The van der Waals surface area contributed by atoms with Crippen molar-refractivity contribution in [2.75, 3.05) is 20.3 Å². The summed E-state index contributed by atoms with van der Waals surface area (Å²) in [5.41, 5.74) is 3.81. The molecule has 0 aliphatic carbocycles. The van der Waals surface area contributed by atoms with Crippen LogP contribution in [0.2, 0.25) is 0 Å². The predicted octanol–water partition coefficient (Wildman–Crippen LogP) is 4.17. The van der Waals surface area contributed by atoms with E-state index in [-0.39, 0.29) is 24.0 Å². The van der Waals surface area contributed by atoms with Crippen LogP contribution in [0.1, 0.15) is 32.3 Å². The molecule has 5 atom stereocenters. The van der Waals surface area contributed by atoms with Crippen LogP contribution in [0.25, 0.3) is 10.4 Å². The zero-order valence-electron chi connectivity index (χ0n) is 18.7. The molecule has 0 spiro atoms. The molecule has 0 bridgehead atoms. The summed E-state index contributed by atoms with van der Waals surface area (Å²) in [7, 11) is 1.90. The quantitative estimate of drug-likeness (QED) is 0.568. The Morgan fingerprint density at radius 3 is 2.75 bits per heavy atom. The topological polar surface area (TPSA) is 63.7 Å². The monoisotopic (exact) mass is 467 g/mol. The average molecular weight is 468 g/mol. The average Bonchev–Trinajstić information content (AvgIpc) is 3.33. The van der Waals surface area contributed by atoms with Crippen molar-refractivity contribution in [2.45, 2.75) is 57.6 Å². The van der Waals surface area contributed by atoms with E-state index in [0.29, 0.717) is 19.4 Å². The molecule has 0 saturated carbocycles. The number of amides is 1. The third kappa shape index (κ3) is 6.78. The Bertz CT molecular complexity index is 838. The summed E-state index contributed by atoms with van der Waals surface area (Å²) in [5, 5.41) is 2.84. The molecule has 32 heavy (non-hydrogen) atoms. The number of rotatable bonds is 10. The van der Waals surface area contributed by atoms with Crippen molar-refractivity contribution in [3.05, 3.63) is 41.5 Å². The van der Waals surface area contributed by atoms with Crippen molar-refractivity contribution >= 4 is 17.2 Å². The van der Waals surface area contributed by atoms with Crippen molar-refractivity contribution in [1.29, 1.82) is 0 Å². The second-order valence-electron chi connectivity index (χ2n) is 8.56. The first-order chi connectivity index (χ1) is 15.4. The Morgan fingerprint density at radius 2 is 2.12 bits per heavy atom. The molecule has 1 saturated heterocycles. The Hall–Kier alpha value is -1.94. The third-order valence-corrected chi connectivity index (χ3v) is 6.69. The summed E-state index contributed by atoms with van der Waals surface area (Å²) in [5.74, 6) is -0.537. The highest BCUT2D eigenvalue weighted by atomic mass is 32.1. The van der Waals surface area contributed by atoms with Crippen LogP contribution in [0.15, 0.2) is 36.0 Å². The fourth-order valence-corrected chi connectivity index (χ4v) is 4.72. The van der Waals surface area contributed by atoms with Crippen LogP contribution < -0.4 is 5.32 Å². The van der Waals surface area contributed by atoms with Crippen molar-refractivity contribution in [1.82, 2.24) is 15.2 Å². The molecule has 1 aliphatic rings. The standard InChI is InChI=1S/C23H31F2N3O3S/c1-15(13-28(3)20-8-16(2)30-22(10-20)31-25)23(29)27-19(11-24)9-17-4-6-18(7-5-17)21-12-26-14-32-21/h4-7,12,14-16,19-20,22H,8-11,13H2,1-3H3,(H,27,29)/t15?,16-,19+,20+,22+/m1/s1. The highest BCUT2D eigenvalue weighted by Crippen LogP contribution is 2.25. The van der Waals surface area contributed by atoms with Gasteiger partial charge < -0.3 is 15.0 Å². The van der Waals surface area contributed by atoms with Crippen LogP contribution in [0, 0.1) is 5.92 Å². The maximum absolute atomic E-state index is 13.7. The lowest BCUT2D eigenvalue weighted by Gasteiger charge is -2.37. The van der Waals surface area contributed by atoms with Gasteiger partial charge in [0.25, 0.3) is 0 Å². The summed E-state index contributed by atoms with van der Waals surface area (Å²) in [6, 6.07) is 7.34.